The average Bonchev–Trinajstić information content (AvgIpc) is 3.00. The minimum Gasteiger partial charge on any atom is -0.342 e. The molecule has 2 aromatic rings. The molecule has 0 spiro atoms. The highest BCUT2D eigenvalue weighted by Crippen LogP contribution is 2.22. The fraction of sp³-hybridized carbons (Fsp3) is 0.286. The van der Waals surface area contributed by atoms with E-state index in [1.165, 1.54) is 24.9 Å². The molecule has 0 radical (unpaired) electrons. The number of anilines is 1. The lowest BCUT2D eigenvalue weighted by Gasteiger charge is -2.05. The van der Waals surface area contributed by atoms with Gasteiger partial charge in [0, 0.05) is 18.6 Å². The Balaban J connectivity index is 2.33. The van der Waals surface area contributed by atoms with Crippen molar-refractivity contribution in [2.45, 2.75) is 23.3 Å². The van der Waals surface area contributed by atoms with E-state index in [1.54, 1.807) is 12.1 Å². The van der Waals surface area contributed by atoms with Crippen LogP contribution in [0.3, 0.4) is 0 Å². The van der Waals surface area contributed by atoms with Crippen molar-refractivity contribution in [3.8, 4) is 0 Å². The lowest BCUT2D eigenvalue weighted by Crippen LogP contribution is -2.24. The summed E-state index contributed by atoms with van der Waals surface area (Å²) >= 11 is 0. The lowest BCUT2D eigenvalue weighted by molar-refractivity contribution is -0.116. The summed E-state index contributed by atoms with van der Waals surface area (Å²) < 4.78 is 53.6. The number of aryl methyl sites for hydroxylation is 1. The largest absolute Gasteiger partial charge is 0.342 e. The zero-order valence-electron chi connectivity index (χ0n) is 14.3. The van der Waals surface area contributed by atoms with E-state index in [0.29, 0.717) is 5.82 Å². The third-order valence-corrected chi connectivity index (χ3v) is 6.45. The molecule has 26 heavy (non-hydrogen) atoms. The normalized spacial score (nSPS) is 12.1. The van der Waals surface area contributed by atoms with E-state index in [4.69, 9.17) is 0 Å². The fourth-order valence-electron chi connectivity index (χ4n) is 2.13. The van der Waals surface area contributed by atoms with Crippen LogP contribution in [-0.2, 0) is 31.4 Å². The van der Waals surface area contributed by atoms with E-state index in [9.17, 15) is 21.6 Å². The number of sulfonamides is 2. The molecule has 0 saturated carbocycles. The second-order valence-corrected chi connectivity index (χ2v) is 9.05. The van der Waals surface area contributed by atoms with Gasteiger partial charge in [-0.25, -0.2) is 31.3 Å². The van der Waals surface area contributed by atoms with E-state index in [2.05, 4.69) is 19.7 Å². The Morgan fingerprint density at radius 1 is 1.08 bits per heavy atom. The number of pyridine rings is 1. The zero-order chi connectivity index (χ0) is 19.5. The number of rotatable bonds is 7. The molecule has 1 amide bonds. The summed E-state index contributed by atoms with van der Waals surface area (Å²) in [5, 5.41) is 2.56. The van der Waals surface area contributed by atoms with Crippen molar-refractivity contribution in [2.75, 3.05) is 19.4 Å². The predicted octanol–water partition coefficient (Wildman–Crippen LogP) is -0.354. The molecule has 0 aliphatic rings. The summed E-state index contributed by atoms with van der Waals surface area (Å²) in [7, 11) is -5.74. The van der Waals surface area contributed by atoms with Crippen molar-refractivity contribution >= 4 is 31.8 Å². The topological polar surface area (TPSA) is 139 Å². The van der Waals surface area contributed by atoms with Gasteiger partial charge in [-0.15, -0.1) is 0 Å². The number of aromatic nitrogens is 2. The van der Waals surface area contributed by atoms with Gasteiger partial charge in [-0.3, -0.25) is 4.79 Å². The first-order valence-corrected chi connectivity index (χ1v) is 10.3. The molecular formula is C14H19N5O5S2. The van der Waals surface area contributed by atoms with Crippen LogP contribution in [0.15, 0.2) is 40.5 Å². The number of nitrogens with zero attached hydrogens (tertiary/aromatic N) is 2. The van der Waals surface area contributed by atoms with Crippen LogP contribution in [0.4, 0.5) is 5.82 Å². The van der Waals surface area contributed by atoms with Crippen LogP contribution in [0.1, 0.15) is 5.56 Å². The second kappa shape index (κ2) is 7.53. The molecule has 0 fully saturated rings. The predicted molar refractivity (Wildman–Crippen MR) is 94.5 cm³/mol. The van der Waals surface area contributed by atoms with E-state index < -0.39 is 35.7 Å². The molecule has 0 unspecified atom stereocenters. The van der Waals surface area contributed by atoms with Gasteiger partial charge in [0.25, 0.3) is 0 Å². The summed E-state index contributed by atoms with van der Waals surface area (Å²) in [6.07, 6.45) is 3.70. The molecule has 12 heteroatoms. The molecule has 2 rings (SSSR count). The van der Waals surface area contributed by atoms with Crippen molar-refractivity contribution in [3.63, 3.8) is 0 Å². The first kappa shape index (κ1) is 20.0. The molecule has 2 aromatic heterocycles. The number of nitrogens with one attached hydrogen (secondary N) is 3. The Morgan fingerprint density at radius 2 is 1.62 bits per heavy atom. The molecule has 2 heterocycles. The molecule has 0 aliphatic carbocycles. The van der Waals surface area contributed by atoms with E-state index in [-0.39, 0.29) is 6.54 Å². The van der Waals surface area contributed by atoms with Crippen LogP contribution in [0.2, 0.25) is 0 Å². The van der Waals surface area contributed by atoms with Crippen LogP contribution in [0.5, 0.6) is 0 Å². The Morgan fingerprint density at radius 3 is 2.08 bits per heavy atom. The molecule has 0 saturated heterocycles. The van der Waals surface area contributed by atoms with Crippen molar-refractivity contribution in [2.24, 2.45) is 0 Å². The molecule has 0 bridgehead atoms. The Labute approximate surface area is 151 Å². The zero-order valence-corrected chi connectivity index (χ0v) is 16.0. The fourth-order valence-corrected chi connectivity index (χ4v) is 4.41. The molecule has 3 N–H and O–H groups in total. The van der Waals surface area contributed by atoms with E-state index in [0.717, 1.165) is 18.0 Å². The Kier molecular flexibility index (Phi) is 5.81. The van der Waals surface area contributed by atoms with Gasteiger partial charge < -0.3 is 9.88 Å². The van der Waals surface area contributed by atoms with Gasteiger partial charge in [-0.1, -0.05) is 0 Å². The van der Waals surface area contributed by atoms with Crippen LogP contribution < -0.4 is 14.8 Å². The lowest BCUT2D eigenvalue weighted by atomic mass is 10.3. The van der Waals surface area contributed by atoms with Crippen molar-refractivity contribution < 1.29 is 21.6 Å². The van der Waals surface area contributed by atoms with Gasteiger partial charge in [0.2, 0.25) is 26.0 Å². The molecular weight excluding hydrogens is 382 g/mol. The smallest absolute Gasteiger partial charge is 0.245 e. The molecule has 142 valence electrons. The summed E-state index contributed by atoms with van der Waals surface area (Å²) in [4.78, 5) is 15.2. The molecule has 10 nitrogen and oxygen atoms in total. The number of hydrogen-bond donors (Lipinski definition) is 3. The van der Waals surface area contributed by atoms with Crippen LogP contribution in [0.25, 0.3) is 0 Å². The van der Waals surface area contributed by atoms with Crippen molar-refractivity contribution in [1.29, 1.82) is 0 Å². The van der Waals surface area contributed by atoms with Gasteiger partial charge in [0.05, 0.1) is 0 Å². The molecule has 0 atom stereocenters. The summed E-state index contributed by atoms with van der Waals surface area (Å²) in [6, 6.07) is 3.44. The van der Waals surface area contributed by atoms with Gasteiger partial charge >= 0.3 is 0 Å². The Hall–Kier alpha value is -2.28. The van der Waals surface area contributed by atoms with Crippen molar-refractivity contribution in [3.05, 3.63) is 36.3 Å². The van der Waals surface area contributed by atoms with E-state index >= 15 is 0 Å². The highest BCUT2D eigenvalue weighted by atomic mass is 32.2. The third kappa shape index (κ3) is 4.46. The second-order valence-electron chi connectivity index (χ2n) is 5.34. The van der Waals surface area contributed by atoms with Gasteiger partial charge in [-0.2, -0.15) is 0 Å². The van der Waals surface area contributed by atoms with Crippen LogP contribution >= 0.6 is 0 Å². The minimum atomic E-state index is -4.04. The maximum atomic E-state index is 12.2. The molecule has 0 aliphatic heterocycles. The SMILES string of the molecule is CNS(=O)(=O)c1cn(CC(=O)Nc2cc(C)ccn2)cc1S(=O)(=O)NC. The van der Waals surface area contributed by atoms with Gasteiger partial charge in [0.1, 0.15) is 22.2 Å². The number of carbonyl (C=O) groups is 1. The summed E-state index contributed by atoms with van der Waals surface area (Å²) in [6.45, 7) is 1.55. The standard InChI is InChI=1S/C14H19N5O5S2/c1-10-4-5-17-13(6-10)18-14(20)9-19-7-11(25(21,22)15-2)12(8-19)26(23,24)16-3/h4-8,15-16H,9H2,1-3H3,(H,17,18,20). The van der Waals surface area contributed by atoms with Crippen LogP contribution in [-0.4, -0.2) is 46.4 Å². The highest BCUT2D eigenvalue weighted by Gasteiger charge is 2.27. The maximum absolute atomic E-state index is 12.2. The van der Waals surface area contributed by atoms with Crippen LogP contribution in [0, 0.1) is 6.92 Å². The highest BCUT2D eigenvalue weighted by molar-refractivity contribution is 7.92. The van der Waals surface area contributed by atoms with E-state index in [1.807, 2.05) is 6.92 Å². The van der Waals surface area contributed by atoms with Gasteiger partial charge in [0.15, 0.2) is 0 Å². The Bertz CT molecular complexity index is 976. The quantitative estimate of drug-likeness (QED) is 0.579. The van der Waals surface area contributed by atoms with Gasteiger partial charge in [-0.05, 0) is 38.7 Å². The number of hydrogen-bond acceptors (Lipinski definition) is 6. The first-order chi connectivity index (χ1) is 12.1. The summed E-state index contributed by atoms with van der Waals surface area (Å²) in [5.74, 6) is -0.145. The van der Waals surface area contributed by atoms with Crippen molar-refractivity contribution in [1.82, 2.24) is 19.0 Å². The number of carbonyl (C=O) groups excluding carboxylic acids is 1. The third-order valence-electron chi connectivity index (χ3n) is 3.43. The monoisotopic (exact) mass is 401 g/mol. The summed E-state index contributed by atoms with van der Waals surface area (Å²) in [5.41, 5.74) is 0.904. The molecule has 0 aromatic carbocycles. The number of amides is 1. The first-order valence-electron chi connectivity index (χ1n) is 7.38. The maximum Gasteiger partial charge on any atom is 0.245 e. The minimum absolute atomic E-state index is 0.291. The average molecular weight is 401 g/mol.